The molecule has 0 aliphatic carbocycles. The third-order valence-electron chi connectivity index (χ3n) is 2.54. The molecule has 0 aromatic heterocycles. The molecule has 0 saturated carbocycles. The van der Waals surface area contributed by atoms with Gasteiger partial charge >= 0.3 is 0 Å². The second-order valence-electron chi connectivity index (χ2n) is 5.53. The van der Waals surface area contributed by atoms with Crippen LogP contribution >= 0.6 is 0 Å². The Balaban J connectivity index is 2.43. The first-order valence-corrected chi connectivity index (χ1v) is 6.43. The van der Waals surface area contributed by atoms with Gasteiger partial charge in [-0.3, -0.25) is 0 Å². The third-order valence-corrected chi connectivity index (χ3v) is 2.54. The summed E-state index contributed by atoms with van der Waals surface area (Å²) < 4.78 is 57.1. The molecule has 6 heteroatoms. The molecule has 0 fully saturated rings. The number of nitrogens with one attached hydrogen (secondary N) is 1. The fraction of sp³-hybridized carbons (Fsp3) is 0.571. The average Bonchev–Trinajstić information content (AvgIpc) is 2.33. The number of unbranched alkanes of at least 4 members (excludes halogenated alkanes) is 1. The molecular weight excluding hydrogens is 274 g/mol. The summed E-state index contributed by atoms with van der Waals surface area (Å²) in [5.41, 5.74) is -0.00917. The molecule has 0 aliphatic rings. The molecule has 114 valence electrons. The molecule has 1 rings (SSSR count). The van der Waals surface area contributed by atoms with Crippen molar-refractivity contribution in [3.63, 3.8) is 0 Å². The predicted octanol–water partition coefficient (Wildman–Crippen LogP) is 3.79. The molecule has 1 aromatic carbocycles. The van der Waals surface area contributed by atoms with E-state index in [0.717, 1.165) is 13.0 Å². The molecule has 0 unspecified atom stereocenters. The summed E-state index contributed by atoms with van der Waals surface area (Å²) >= 11 is 0. The Morgan fingerprint density at radius 1 is 1.00 bits per heavy atom. The predicted molar refractivity (Wildman–Crippen MR) is 68.8 cm³/mol. The van der Waals surface area contributed by atoms with Gasteiger partial charge < -0.3 is 10.1 Å². The van der Waals surface area contributed by atoms with Gasteiger partial charge in [-0.2, -0.15) is 8.78 Å². The highest BCUT2D eigenvalue weighted by molar-refractivity contribution is 5.28. The van der Waals surface area contributed by atoms with Gasteiger partial charge in [-0.25, -0.2) is 8.78 Å². The van der Waals surface area contributed by atoms with E-state index >= 15 is 0 Å². The molecule has 0 atom stereocenters. The minimum atomic E-state index is -1.50. The van der Waals surface area contributed by atoms with Crippen LogP contribution in [0, 0.1) is 23.3 Å². The summed E-state index contributed by atoms with van der Waals surface area (Å²) in [5, 5.41) is 3.24. The van der Waals surface area contributed by atoms with Gasteiger partial charge in [0.05, 0.1) is 6.61 Å². The smallest absolute Gasteiger partial charge is 0.203 e. The molecule has 0 heterocycles. The zero-order chi connectivity index (χ0) is 15.3. The number of halogens is 4. The number of hydrogen-bond acceptors (Lipinski definition) is 2. The quantitative estimate of drug-likeness (QED) is 0.489. The Hall–Kier alpha value is -1.30. The highest BCUT2D eigenvalue weighted by atomic mass is 19.2. The van der Waals surface area contributed by atoms with Crippen molar-refractivity contribution in [1.82, 2.24) is 5.32 Å². The van der Waals surface area contributed by atoms with Crippen molar-refractivity contribution in [3.05, 3.63) is 29.3 Å². The van der Waals surface area contributed by atoms with Gasteiger partial charge in [0.1, 0.15) is 0 Å². The SMILES string of the molecule is CC(C)(C)NCCCCOc1c(F)c(F)cc(F)c1F. The molecule has 2 nitrogen and oxygen atoms in total. The van der Waals surface area contributed by atoms with Crippen molar-refractivity contribution in [1.29, 1.82) is 0 Å². The van der Waals surface area contributed by atoms with E-state index < -0.39 is 29.0 Å². The van der Waals surface area contributed by atoms with E-state index in [-0.39, 0.29) is 18.2 Å². The molecular formula is C14H19F4NO. The van der Waals surface area contributed by atoms with Crippen LogP contribution in [0.4, 0.5) is 17.6 Å². The van der Waals surface area contributed by atoms with Gasteiger partial charge in [-0.05, 0) is 40.2 Å². The molecule has 1 N–H and O–H groups in total. The highest BCUT2D eigenvalue weighted by Gasteiger charge is 2.20. The summed E-state index contributed by atoms with van der Waals surface area (Å²) in [6, 6.07) is 0.158. The minimum Gasteiger partial charge on any atom is -0.487 e. The largest absolute Gasteiger partial charge is 0.487 e. The first-order chi connectivity index (χ1) is 9.22. The van der Waals surface area contributed by atoms with Gasteiger partial charge in [0, 0.05) is 11.6 Å². The van der Waals surface area contributed by atoms with Crippen LogP contribution in [0.3, 0.4) is 0 Å². The molecule has 0 spiro atoms. The molecule has 0 bridgehead atoms. The van der Waals surface area contributed by atoms with Crippen LogP contribution in [0.1, 0.15) is 33.6 Å². The summed E-state index contributed by atoms with van der Waals surface area (Å²) in [6.45, 7) is 6.76. The Kier molecular flexibility index (Phi) is 5.80. The van der Waals surface area contributed by atoms with Crippen LogP contribution in [0.25, 0.3) is 0 Å². The second-order valence-corrected chi connectivity index (χ2v) is 5.53. The van der Waals surface area contributed by atoms with E-state index in [4.69, 9.17) is 4.74 Å². The van der Waals surface area contributed by atoms with Crippen molar-refractivity contribution < 1.29 is 22.3 Å². The van der Waals surface area contributed by atoms with Crippen LogP contribution in [0.2, 0.25) is 0 Å². The van der Waals surface area contributed by atoms with Gasteiger partial charge in [0.25, 0.3) is 0 Å². The normalized spacial score (nSPS) is 11.8. The van der Waals surface area contributed by atoms with Gasteiger partial charge in [0.15, 0.2) is 17.4 Å². The van der Waals surface area contributed by atoms with Crippen LogP contribution in [0.5, 0.6) is 5.75 Å². The Morgan fingerprint density at radius 2 is 1.55 bits per heavy atom. The minimum absolute atomic E-state index is 0.00917. The molecule has 0 amide bonds. The lowest BCUT2D eigenvalue weighted by Crippen LogP contribution is -2.36. The zero-order valence-electron chi connectivity index (χ0n) is 11.8. The maximum absolute atomic E-state index is 13.3. The topological polar surface area (TPSA) is 21.3 Å². The van der Waals surface area contributed by atoms with Crippen molar-refractivity contribution in [3.8, 4) is 5.75 Å². The Morgan fingerprint density at radius 3 is 2.05 bits per heavy atom. The number of benzene rings is 1. The Bertz CT molecular complexity index is 431. The van der Waals surface area contributed by atoms with E-state index in [1.807, 2.05) is 20.8 Å². The van der Waals surface area contributed by atoms with Crippen LogP contribution < -0.4 is 10.1 Å². The van der Waals surface area contributed by atoms with Gasteiger partial charge in [-0.1, -0.05) is 0 Å². The van der Waals surface area contributed by atoms with E-state index in [1.54, 1.807) is 0 Å². The van der Waals surface area contributed by atoms with Crippen molar-refractivity contribution in [2.24, 2.45) is 0 Å². The number of hydrogen-bond donors (Lipinski definition) is 1. The summed E-state index contributed by atoms with van der Waals surface area (Å²) in [4.78, 5) is 0. The first kappa shape index (κ1) is 16.8. The van der Waals surface area contributed by atoms with Crippen molar-refractivity contribution in [2.45, 2.75) is 39.2 Å². The highest BCUT2D eigenvalue weighted by Crippen LogP contribution is 2.26. The van der Waals surface area contributed by atoms with Gasteiger partial charge in [-0.15, -0.1) is 0 Å². The van der Waals surface area contributed by atoms with E-state index in [1.165, 1.54) is 0 Å². The molecule has 0 saturated heterocycles. The van der Waals surface area contributed by atoms with E-state index in [0.29, 0.717) is 6.42 Å². The summed E-state index contributed by atoms with van der Waals surface area (Å²) in [6.07, 6.45) is 1.23. The van der Waals surface area contributed by atoms with Crippen LogP contribution in [0.15, 0.2) is 6.07 Å². The van der Waals surface area contributed by atoms with Gasteiger partial charge in [0.2, 0.25) is 11.6 Å². The van der Waals surface area contributed by atoms with Crippen LogP contribution in [-0.4, -0.2) is 18.7 Å². The van der Waals surface area contributed by atoms with Crippen molar-refractivity contribution in [2.75, 3.05) is 13.2 Å². The maximum Gasteiger partial charge on any atom is 0.203 e. The fourth-order valence-corrected chi connectivity index (χ4v) is 1.54. The van der Waals surface area contributed by atoms with Crippen LogP contribution in [-0.2, 0) is 0 Å². The number of rotatable bonds is 6. The lowest BCUT2D eigenvalue weighted by molar-refractivity contribution is 0.262. The molecule has 0 radical (unpaired) electrons. The van der Waals surface area contributed by atoms with Crippen molar-refractivity contribution >= 4 is 0 Å². The van der Waals surface area contributed by atoms with E-state index in [2.05, 4.69) is 5.32 Å². The van der Waals surface area contributed by atoms with E-state index in [9.17, 15) is 17.6 Å². The number of ether oxygens (including phenoxy) is 1. The molecule has 0 aliphatic heterocycles. The Labute approximate surface area is 116 Å². The standard InChI is InChI=1S/C14H19F4NO/c1-14(2,3)19-6-4-5-7-20-13-11(17)9(15)8-10(16)12(13)18/h8,19H,4-7H2,1-3H3. The monoisotopic (exact) mass is 293 g/mol. The summed E-state index contributed by atoms with van der Waals surface area (Å²) in [7, 11) is 0. The zero-order valence-corrected chi connectivity index (χ0v) is 11.8. The lowest BCUT2D eigenvalue weighted by atomic mass is 10.1. The fourth-order valence-electron chi connectivity index (χ4n) is 1.54. The maximum atomic E-state index is 13.3. The first-order valence-electron chi connectivity index (χ1n) is 6.43. The average molecular weight is 293 g/mol. The second kappa shape index (κ2) is 6.92. The third kappa shape index (κ3) is 5.00. The molecule has 20 heavy (non-hydrogen) atoms. The molecule has 1 aromatic rings. The lowest BCUT2D eigenvalue weighted by Gasteiger charge is -2.20. The summed E-state index contributed by atoms with van der Waals surface area (Å²) in [5.74, 6) is -6.93.